The van der Waals surface area contributed by atoms with Crippen LogP contribution in [0.1, 0.15) is 24.2 Å². The lowest BCUT2D eigenvalue weighted by atomic mass is 10.1. The van der Waals surface area contributed by atoms with E-state index in [1.54, 1.807) is 31.4 Å². The summed E-state index contributed by atoms with van der Waals surface area (Å²) >= 11 is 0. The van der Waals surface area contributed by atoms with E-state index in [9.17, 15) is 13.2 Å². The monoisotopic (exact) mass is 418 g/mol. The molecular formula is C21H26N2O5S. The molecule has 0 spiro atoms. The molecule has 1 N–H and O–H groups in total. The third-order valence-electron chi connectivity index (χ3n) is 4.72. The Balaban J connectivity index is 1.71. The molecule has 2 aromatic carbocycles. The highest BCUT2D eigenvalue weighted by atomic mass is 32.2. The number of morpholine rings is 1. The van der Waals surface area contributed by atoms with E-state index in [4.69, 9.17) is 9.47 Å². The first-order valence-corrected chi connectivity index (χ1v) is 10.9. The minimum absolute atomic E-state index is 0.0570. The summed E-state index contributed by atoms with van der Waals surface area (Å²) in [5.41, 5.74) is 1.13. The van der Waals surface area contributed by atoms with Gasteiger partial charge in [0, 0.05) is 24.3 Å². The van der Waals surface area contributed by atoms with Gasteiger partial charge in [-0.25, -0.2) is 8.42 Å². The molecule has 8 heteroatoms. The molecular weight excluding hydrogens is 392 g/mol. The van der Waals surface area contributed by atoms with Crippen LogP contribution in [0.4, 0.5) is 5.69 Å². The van der Waals surface area contributed by atoms with E-state index in [-0.39, 0.29) is 29.4 Å². The number of ether oxygens (including phenoxy) is 2. The molecule has 0 amide bonds. The van der Waals surface area contributed by atoms with Gasteiger partial charge in [0.2, 0.25) is 10.0 Å². The average molecular weight is 419 g/mol. The predicted octanol–water partition coefficient (Wildman–Crippen LogP) is 2.79. The van der Waals surface area contributed by atoms with E-state index >= 15 is 0 Å². The molecule has 0 aliphatic carbocycles. The van der Waals surface area contributed by atoms with Crippen molar-refractivity contribution in [3.05, 3.63) is 54.1 Å². The lowest BCUT2D eigenvalue weighted by Gasteiger charge is -2.34. The Hall–Kier alpha value is -2.42. The van der Waals surface area contributed by atoms with Crippen molar-refractivity contribution in [1.82, 2.24) is 4.31 Å². The molecule has 2 atom stereocenters. The van der Waals surface area contributed by atoms with Crippen molar-refractivity contribution < 1.29 is 22.7 Å². The molecule has 1 aliphatic heterocycles. The third-order valence-corrected chi connectivity index (χ3v) is 6.55. The fourth-order valence-electron chi connectivity index (χ4n) is 3.30. The van der Waals surface area contributed by atoms with Gasteiger partial charge >= 0.3 is 0 Å². The number of Topliss-reactive ketones (excluding diaryl/α,β-unsaturated/α-hetero) is 1. The number of anilines is 1. The second-order valence-corrected chi connectivity index (χ2v) is 9.05. The summed E-state index contributed by atoms with van der Waals surface area (Å²) in [6.07, 6.45) is -0.348. The fourth-order valence-corrected chi connectivity index (χ4v) is 4.94. The zero-order chi connectivity index (χ0) is 21.0. The van der Waals surface area contributed by atoms with E-state index in [0.29, 0.717) is 18.7 Å². The molecule has 1 heterocycles. The van der Waals surface area contributed by atoms with Crippen molar-refractivity contribution in [2.75, 3.05) is 32.1 Å². The summed E-state index contributed by atoms with van der Waals surface area (Å²) in [7, 11) is -2.10. The van der Waals surface area contributed by atoms with Gasteiger partial charge in [-0.3, -0.25) is 4.79 Å². The Morgan fingerprint density at radius 1 is 1.14 bits per heavy atom. The van der Waals surface area contributed by atoms with Crippen molar-refractivity contribution in [3.8, 4) is 5.75 Å². The number of nitrogens with zero attached hydrogens (tertiary/aromatic N) is 1. The summed E-state index contributed by atoms with van der Waals surface area (Å²) in [4.78, 5) is 12.7. The highest BCUT2D eigenvalue weighted by Crippen LogP contribution is 2.22. The van der Waals surface area contributed by atoms with Crippen LogP contribution >= 0.6 is 0 Å². The number of benzene rings is 2. The van der Waals surface area contributed by atoms with Gasteiger partial charge in [0.1, 0.15) is 5.75 Å². The molecule has 0 radical (unpaired) electrons. The fraction of sp³-hybridized carbons (Fsp3) is 0.381. The molecule has 1 saturated heterocycles. The van der Waals surface area contributed by atoms with Crippen LogP contribution in [0.2, 0.25) is 0 Å². The predicted molar refractivity (Wildman–Crippen MR) is 111 cm³/mol. The van der Waals surface area contributed by atoms with Crippen LogP contribution in [0.15, 0.2) is 53.4 Å². The van der Waals surface area contributed by atoms with Crippen molar-refractivity contribution >= 4 is 21.5 Å². The number of sulfonamides is 1. The van der Waals surface area contributed by atoms with Gasteiger partial charge in [0.25, 0.3) is 0 Å². The molecule has 29 heavy (non-hydrogen) atoms. The van der Waals surface area contributed by atoms with Gasteiger partial charge in [0.15, 0.2) is 5.78 Å². The Bertz CT molecular complexity index is 949. The van der Waals surface area contributed by atoms with Crippen LogP contribution in [-0.2, 0) is 14.8 Å². The SMILES string of the molecule is COc1ccc(NCC(=O)c2cccc(S(=O)(=O)N3CC(C)OC(C)C3)c2)cc1. The van der Waals surface area contributed by atoms with E-state index < -0.39 is 10.0 Å². The molecule has 156 valence electrons. The molecule has 0 aromatic heterocycles. The van der Waals surface area contributed by atoms with Gasteiger partial charge in [-0.05, 0) is 50.2 Å². The highest BCUT2D eigenvalue weighted by molar-refractivity contribution is 7.89. The van der Waals surface area contributed by atoms with Crippen LogP contribution in [0, 0.1) is 0 Å². The normalized spacial score (nSPS) is 20.2. The van der Waals surface area contributed by atoms with Crippen molar-refractivity contribution in [2.24, 2.45) is 0 Å². The van der Waals surface area contributed by atoms with E-state index in [1.807, 2.05) is 26.0 Å². The topological polar surface area (TPSA) is 84.9 Å². The van der Waals surface area contributed by atoms with Crippen LogP contribution in [0.25, 0.3) is 0 Å². The molecule has 0 saturated carbocycles. The summed E-state index contributed by atoms with van der Waals surface area (Å²) in [6.45, 7) is 4.35. The van der Waals surface area contributed by atoms with Crippen molar-refractivity contribution in [1.29, 1.82) is 0 Å². The second kappa shape index (κ2) is 8.94. The minimum Gasteiger partial charge on any atom is -0.497 e. The third kappa shape index (κ3) is 5.14. The molecule has 7 nitrogen and oxygen atoms in total. The number of hydrogen-bond acceptors (Lipinski definition) is 6. The summed E-state index contributed by atoms with van der Waals surface area (Å²) in [5.74, 6) is 0.535. The van der Waals surface area contributed by atoms with E-state index in [2.05, 4.69) is 5.32 Å². The number of ketones is 1. The molecule has 1 fully saturated rings. The first-order chi connectivity index (χ1) is 13.8. The zero-order valence-corrected chi connectivity index (χ0v) is 17.6. The second-order valence-electron chi connectivity index (χ2n) is 7.11. The Morgan fingerprint density at radius 3 is 2.41 bits per heavy atom. The number of methoxy groups -OCH3 is 1. The first-order valence-electron chi connectivity index (χ1n) is 9.46. The number of hydrogen-bond donors (Lipinski definition) is 1. The van der Waals surface area contributed by atoms with E-state index in [0.717, 1.165) is 11.4 Å². The molecule has 0 bridgehead atoms. The number of nitrogens with one attached hydrogen (secondary N) is 1. The van der Waals surface area contributed by atoms with Gasteiger partial charge in [-0.1, -0.05) is 12.1 Å². The maximum Gasteiger partial charge on any atom is 0.243 e. The molecule has 1 aliphatic rings. The number of carbonyl (C=O) groups excluding carboxylic acids is 1. The smallest absolute Gasteiger partial charge is 0.243 e. The quantitative estimate of drug-likeness (QED) is 0.696. The largest absolute Gasteiger partial charge is 0.497 e. The zero-order valence-electron chi connectivity index (χ0n) is 16.8. The minimum atomic E-state index is -3.69. The number of rotatable bonds is 7. The molecule has 3 rings (SSSR count). The van der Waals surface area contributed by atoms with Gasteiger partial charge in [0.05, 0.1) is 30.8 Å². The molecule has 2 unspecified atom stereocenters. The standard InChI is InChI=1S/C21H26N2O5S/c1-15-13-23(14-16(2)28-15)29(25,26)20-6-4-5-17(11-20)21(24)12-22-18-7-9-19(27-3)10-8-18/h4-11,15-16,22H,12-14H2,1-3H3. The lowest BCUT2D eigenvalue weighted by molar-refractivity contribution is -0.0440. The van der Waals surface area contributed by atoms with Gasteiger partial charge < -0.3 is 14.8 Å². The molecule has 2 aromatic rings. The van der Waals surface area contributed by atoms with Crippen LogP contribution in [0.5, 0.6) is 5.75 Å². The summed E-state index contributed by atoms with van der Waals surface area (Å²) in [5, 5.41) is 3.05. The Morgan fingerprint density at radius 2 is 1.79 bits per heavy atom. The Kier molecular flexibility index (Phi) is 6.56. The lowest BCUT2D eigenvalue weighted by Crippen LogP contribution is -2.48. The maximum absolute atomic E-state index is 13.0. The van der Waals surface area contributed by atoms with Crippen LogP contribution in [0.3, 0.4) is 0 Å². The summed E-state index contributed by atoms with van der Waals surface area (Å²) < 4.78 is 38.2. The summed E-state index contributed by atoms with van der Waals surface area (Å²) in [6, 6.07) is 13.4. The average Bonchev–Trinajstić information content (AvgIpc) is 2.71. The highest BCUT2D eigenvalue weighted by Gasteiger charge is 2.32. The van der Waals surface area contributed by atoms with Crippen LogP contribution < -0.4 is 10.1 Å². The maximum atomic E-state index is 13.0. The van der Waals surface area contributed by atoms with Crippen molar-refractivity contribution in [2.45, 2.75) is 31.0 Å². The van der Waals surface area contributed by atoms with Crippen molar-refractivity contribution in [3.63, 3.8) is 0 Å². The number of carbonyl (C=O) groups is 1. The Labute approximate surface area is 171 Å². The van der Waals surface area contributed by atoms with E-state index in [1.165, 1.54) is 16.4 Å². The van der Waals surface area contributed by atoms with Crippen LogP contribution in [-0.4, -0.2) is 57.5 Å². The van der Waals surface area contributed by atoms with Gasteiger partial charge in [-0.2, -0.15) is 4.31 Å². The first kappa shape index (κ1) is 21.3. The van der Waals surface area contributed by atoms with Gasteiger partial charge in [-0.15, -0.1) is 0 Å².